The third kappa shape index (κ3) is 12.6. The van der Waals surface area contributed by atoms with E-state index in [-0.39, 0.29) is 70.3 Å². The van der Waals surface area contributed by atoms with Gasteiger partial charge in [-0.1, -0.05) is 0 Å². The number of carboxylic acid groups (broad SMARTS) is 4. The van der Waals surface area contributed by atoms with Crippen LogP contribution in [0.2, 0.25) is 0 Å². The molecule has 0 spiro atoms. The summed E-state index contributed by atoms with van der Waals surface area (Å²) >= 11 is 0. The minimum absolute atomic E-state index is 0. The van der Waals surface area contributed by atoms with Crippen LogP contribution >= 0.6 is 0 Å². The van der Waals surface area contributed by atoms with Gasteiger partial charge < -0.3 is 20.4 Å². The molecule has 0 aliphatic carbocycles. The summed E-state index contributed by atoms with van der Waals surface area (Å²) in [5.41, 5.74) is -0.389. The SMILES string of the molecule is O=C(O)CC(CC(=O)O)=C(CC(=O)O)CC(=O)O.[NaH].[NaH]. The Balaban J connectivity index is -0.00000144. The van der Waals surface area contributed by atoms with Gasteiger partial charge in [-0.2, -0.15) is 0 Å². The van der Waals surface area contributed by atoms with Crippen LogP contribution in [0.1, 0.15) is 25.7 Å². The molecule has 0 aliphatic heterocycles. The summed E-state index contributed by atoms with van der Waals surface area (Å²) < 4.78 is 0. The van der Waals surface area contributed by atoms with Gasteiger partial charge in [-0.25, -0.2) is 0 Å². The first-order valence-electron chi connectivity index (χ1n) is 4.79. The molecule has 104 valence electrons. The van der Waals surface area contributed by atoms with Crippen molar-refractivity contribution in [1.82, 2.24) is 0 Å². The fraction of sp³-hybridized carbons (Fsp3) is 0.400. The van der Waals surface area contributed by atoms with Gasteiger partial charge in [0.2, 0.25) is 0 Å². The molecule has 10 heteroatoms. The molecule has 0 aromatic heterocycles. The van der Waals surface area contributed by atoms with Crippen LogP contribution < -0.4 is 0 Å². The molecule has 0 rings (SSSR count). The first-order valence-corrected chi connectivity index (χ1v) is 4.79. The number of carboxylic acids is 4. The van der Waals surface area contributed by atoms with Crippen LogP contribution in [0.4, 0.5) is 0 Å². The molecule has 0 aromatic rings. The van der Waals surface area contributed by atoms with Crippen molar-refractivity contribution in [3.8, 4) is 0 Å². The van der Waals surface area contributed by atoms with E-state index in [2.05, 4.69) is 0 Å². The number of hydrogen-bond donors (Lipinski definition) is 4. The van der Waals surface area contributed by atoms with Crippen molar-refractivity contribution in [1.29, 1.82) is 0 Å². The van der Waals surface area contributed by atoms with E-state index in [4.69, 9.17) is 20.4 Å². The van der Waals surface area contributed by atoms with Crippen molar-refractivity contribution in [2.75, 3.05) is 0 Å². The van der Waals surface area contributed by atoms with E-state index >= 15 is 0 Å². The molecule has 0 saturated carbocycles. The average molecular weight is 308 g/mol. The quantitative estimate of drug-likeness (QED) is 0.325. The monoisotopic (exact) mass is 308 g/mol. The molecule has 0 atom stereocenters. The molecule has 0 unspecified atom stereocenters. The number of rotatable bonds is 8. The molecular weight excluding hydrogens is 294 g/mol. The van der Waals surface area contributed by atoms with E-state index in [0.717, 1.165) is 0 Å². The fourth-order valence-corrected chi connectivity index (χ4v) is 1.36. The standard InChI is InChI=1S/C10H12O8.2Na.2H/c11-7(12)1-5(2-8(13)14)6(3-9(15)16)4-10(17)18;;;;/h1-4H2,(H,11,12)(H,13,14)(H,15,16)(H,17,18);;;;. The van der Waals surface area contributed by atoms with Crippen molar-refractivity contribution in [3.63, 3.8) is 0 Å². The van der Waals surface area contributed by atoms with Crippen LogP contribution in [0, 0.1) is 0 Å². The van der Waals surface area contributed by atoms with Crippen molar-refractivity contribution < 1.29 is 39.6 Å². The third-order valence-corrected chi connectivity index (χ3v) is 1.96. The van der Waals surface area contributed by atoms with Crippen molar-refractivity contribution in [2.45, 2.75) is 25.7 Å². The maximum atomic E-state index is 10.5. The van der Waals surface area contributed by atoms with Gasteiger partial charge in [-0.15, -0.1) is 0 Å². The van der Waals surface area contributed by atoms with Crippen molar-refractivity contribution >= 4 is 83.0 Å². The average Bonchev–Trinajstić information content (AvgIpc) is 2.12. The van der Waals surface area contributed by atoms with Gasteiger partial charge in [0, 0.05) is 0 Å². The Kier molecular flexibility index (Phi) is 15.2. The van der Waals surface area contributed by atoms with Crippen LogP contribution in [-0.2, 0) is 19.2 Å². The summed E-state index contributed by atoms with van der Waals surface area (Å²) in [6.45, 7) is 0. The molecule has 8 nitrogen and oxygen atoms in total. The van der Waals surface area contributed by atoms with Gasteiger partial charge >= 0.3 is 83.0 Å². The molecule has 0 bridgehead atoms. The zero-order chi connectivity index (χ0) is 14.3. The number of carbonyl (C=O) groups is 4. The molecule has 0 heterocycles. The molecular formula is C10H14Na2O8. The second kappa shape index (κ2) is 12.4. The van der Waals surface area contributed by atoms with E-state index in [1.54, 1.807) is 0 Å². The van der Waals surface area contributed by atoms with Crippen LogP contribution in [-0.4, -0.2) is 103 Å². The van der Waals surface area contributed by atoms with E-state index < -0.39 is 49.6 Å². The molecule has 0 aromatic carbocycles. The Bertz CT molecular complexity index is 341. The first kappa shape index (κ1) is 24.6. The first-order chi connectivity index (χ1) is 8.22. The third-order valence-electron chi connectivity index (χ3n) is 1.96. The van der Waals surface area contributed by atoms with E-state index in [1.165, 1.54) is 0 Å². The summed E-state index contributed by atoms with van der Waals surface area (Å²) in [6.07, 6.45) is -2.77. The van der Waals surface area contributed by atoms with Gasteiger partial charge in [0.05, 0.1) is 25.7 Å². The summed E-state index contributed by atoms with van der Waals surface area (Å²) in [5.74, 6) is -5.39. The van der Waals surface area contributed by atoms with Crippen LogP contribution in [0.25, 0.3) is 0 Å². The predicted molar refractivity (Wildman–Crippen MR) is 70.3 cm³/mol. The Morgan fingerprint density at radius 3 is 0.750 bits per heavy atom. The molecule has 0 aliphatic rings. The topological polar surface area (TPSA) is 149 Å². The van der Waals surface area contributed by atoms with Gasteiger partial charge in [0.1, 0.15) is 0 Å². The molecule has 4 N–H and O–H groups in total. The van der Waals surface area contributed by atoms with E-state index in [1.807, 2.05) is 0 Å². The summed E-state index contributed by atoms with van der Waals surface area (Å²) in [6, 6.07) is 0. The summed E-state index contributed by atoms with van der Waals surface area (Å²) in [4.78, 5) is 42.2. The van der Waals surface area contributed by atoms with Gasteiger partial charge in [0.25, 0.3) is 0 Å². The minimum atomic E-state index is -1.35. The molecule has 20 heavy (non-hydrogen) atoms. The Morgan fingerprint density at radius 2 is 0.650 bits per heavy atom. The molecule has 0 amide bonds. The second-order valence-electron chi connectivity index (χ2n) is 3.49. The van der Waals surface area contributed by atoms with Crippen molar-refractivity contribution in [3.05, 3.63) is 11.1 Å². The Morgan fingerprint density at radius 1 is 0.500 bits per heavy atom. The normalized spacial score (nSPS) is 8.60. The molecule has 0 saturated heterocycles. The number of hydrogen-bond acceptors (Lipinski definition) is 4. The van der Waals surface area contributed by atoms with Gasteiger partial charge in [-0.3, -0.25) is 19.2 Å². The fourth-order valence-electron chi connectivity index (χ4n) is 1.36. The maximum absolute atomic E-state index is 10.5. The summed E-state index contributed by atoms with van der Waals surface area (Å²) in [7, 11) is 0. The van der Waals surface area contributed by atoms with Crippen LogP contribution in [0.5, 0.6) is 0 Å². The van der Waals surface area contributed by atoms with Gasteiger partial charge in [-0.05, 0) is 11.1 Å². The van der Waals surface area contributed by atoms with E-state index in [0.29, 0.717) is 0 Å². The van der Waals surface area contributed by atoms with E-state index in [9.17, 15) is 19.2 Å². The predicted octanol–water partition coefficient (Wildman–Crippen LogP) is -1.12. The molecule has 0 fully saturated rings. The zero-order valence-corrected chi connectivity index (χ0v) is 9.25. The second-order valence-corrected chi connectivity index (χ2v) is 3.49. The van der Waals surface area contributed by atoms with Crippen LogP contribution in [0.15, 0.2) is 11.1 Å². The summed E-state index contributed by atoms with van der Waals surface area (Å²) in [5, 5.41) is 34.4. The molecule has 0 radical (unpaired) electrons. The van der Waals surface area contributed by atoms with Crippen LogP contribution in [0.3, 0.4) is 0 Å². The van der Waals surface area contributed by atoms with Crippen molar-refractivity contribution in [2.24, 2.45) is 0 Å². The Hall–Kier alpha value is -0.380. The van der Waals surface area contributed by atoms with Gasteiger partial charge in [0.15, 0.2) is 0 Å². The zero-order valence-electron chi connectivity index (χ0n) is 9.25. The number of aliphatic carboxylic acids is 4. The Labute approximate surface area is 158 Å².